The Balaban J connectivity index is 0. The summed E-state index contributed by atoms with van der Waals surface area (Å²) in [6.45, 7) is 0. The predicted molar refractivity (Wildman–Crippen MR) is 23.0 cm³/mol. The average Bonchev–Trinajstić information content (AvgIpc) is 0. The normalized spacial score (nSPS) is 0. The third-order valence-electron chi connectivity index (χ3n) is 0. The van der Waals surface area contributed by atoms with Crippen LogP contribution in [0.3, 0.4) is 0 Å². The quantitative estimate of drug-likeness (QED) is 0.348. The van der Waals surface area contributed by atoms with Crippen LogP contribution in [-0.4, -0.2) is 136 Å². The smallest absolute Gasteiger partial charge is 0 e. The molecule has 0 aromatic carbocycles. The van der Waals surface area contributed by atoms with Gasteiger partial charge in [0.2, 0.25) is 0 Å². The van der Waals surface area contributed by atoms with E-state index < -0.39 is 0 Å². The van der Waals surface area contributed by atoms with Crippen LogP contribution in [0.1, 0.15) is 0 Å². The Morgan fingerprint density at radius 1 is 1.00 bits per heavy atom. The Bertz CT molecular complexity index is 8.00. The maximum atomic E-state index is 0. The molecule has 0 aromatic rings. The van der Waals surface area contributed by atoms with Crippen molar-refractivity contribution in [2.24, 2.45) is 0 Å². The van der Waals surface area contributed by atoms with Crippen molar-refractivity contribution in [3.05, 3.63) is 0 Å². The zero-order chi connectivity index (χ0) is 0. The molecule has 0 unspecified atom stereocenters. The molecule has 0 nitrogen and oxygen atoms in total. The van der Waals surface area contributed by atoms with Gasteiger partial charge in [0, 0.05) is 136 Å². The molecule has 0 rings (SSSR count). The van der Waals surface area contributed by atoms with Gasteiger partial charge in [-0.1, -0.05) is 0 Å². The number of hydrogen-bond donors (Lipinski definition) is 0. The molecule has 0 aliphatic carbocycles. The maximum absolute atomic E-state index is 0. The van der Waals surface area contributed by atoms with Crippen LogP contribution in [-0.2, 0) is 0 Å². The second kappa shape index (κ2) is 15.7. The van der Waals surface area contributed by atoms with Gasteiger partial charge in [-0.15, -0.1) is 0 Å². The zero-order valence-corrected chi connectivity index (χ0v) is 11.8. The van der Waals surface area contributed by atoms with E-state index in [1.807, 2.05) is 0 Å². The summed E-state index contributed by atoms with van der Waals surface area (Å²) in [6.07, 6.45) is 0. The van der Waals surface area contributed by atoms with Crippen LogP contribution < -0.4 is 0 Å². The Morgan fingerprint density at radius 3 is 1.00 bits per heavy atom. The SMILES string of the molecule is [Al].[Ca].[K].[Na]. The largest absolute Gasteiger partial charge is 0 e. The second-order valence-corrected chi connectivity index (χ2v) is 0. The molecule has 0 aliphatic rings. The first-order chi connectivity index (χ1) is 0. The molecule has 7 radical (unpaired) electrons. The molecule has 0 spiro atoms. The van der Waals surface area contributed by atoms with Gasteiger partial charge in [0.05, 0.1) is 0 Å². The van der Waals surface area contributed by atoms with Crippen LogP contribution in [0.25, 0.3) is 0 Å². The van der Waals surface area contributed by atoms with Gasteiger partial charge in [-0.2, -0.15) is 0 Å². The third kappa shape index (κ3) is 9.66. The molecular weight excluding hydrogens is 129 g/mol. The predicted octanol–water partition coefficient (Wildman–Crippen LogP) is -1.52. The summed E-state index contributed by atoms with van der Waals surface area (Å²) >= 11 is 0. The molecule has 0 heterocycles. The van der Waals surface area contributed by atoms with Crippen LogP contribution in [0.5, 0.6) is 0 Å². The van der Waals surface area contributed by atoms with Crippen molar-refractivity contribution in [2.45, 2.75) is 0 Å². The summed E-state index contributed by atoms with van der Waals surface area (Å²) in [5.74, 6) is 0. The van der Waals surface area contributed by atoms with Gasteiger partial charge < -0.3 is 0 Å². The van der Waals surface area contributed by atoms with E-state index in [0.717, 1.165) is 0 Å². The van der Waals surface area contributed by atoms with Crippen LogP contribution in [0.15, 0.2) is 0 Å². The maximum Gasteiger partial charge on any atom is 0 e. The van der Waals surface area contributed by atoms with Crippen LogP contribution in [0, 0.1) is 0 Å². The van der Waals surface area contributed by atoms with Gasteiger partial charge in [0.25, 0.3) is 0 Å². The first-order valence-electron chi connectivity index (χ1n) is 0. The fraction of sp³-hybridized carbons (Fsp3) is 0. The molecular formula is AlCaKNa. The summed E-state index contributed by atoms with van der Waals surface area (Å²) in [6, 6.07) is 0. The van der Waals surface area contributed by atoms with Gasteiger partial charge in [-0.05, 0) is 0 Å². The monoisotopic (exact) mass is 129 g/mol. The zero-order valence-electron chi connectivity index (χ0n) is 3.28. The van der Waals surface area contributed by atoms with E-state index in [9.17, 15) is 0 Å². The fourth-order valence-electron chi connectivity index (χ4n) is 0. The summed E-state index contributed by atoms with van der Waals surface area (Å²) < 4.78 is 0. The van der Waals surface area contributed by atoms with Crippen molar-refractivity contribution in [3.63, 3.8) is 0 Å². The van der Waals surface area contributed by atoms with Crippen molar-refractivity contribution < 1.29 is 0 Å². The van der Waals surface area contributed by atoms with Crippen molar-refractivity contribution >= 4 is 136 Å². The molecule has 4 heavy (non-hydrogen) atoms. The Labute approximate surface area is 132 Å². The van der Waals surface area contributed by atoms with Gasteiger partial charge >= 0.3 is 0 Å². The minimum Gasteiger partial charge on any atom is 0 e. The Kier molecular flexibility index (Phi) is 92.8. The van der Waals surface area contributed by atoms with Crippen molar-refractivity contribution in [3.8, 4) is 0 Å². The van der Waals surface area contributed by atoms with E-state index in [0.29, 0.717) is 0 Å². The molecule has 0 bridgehead atoms. The Hall–Kier alpha value is 4.43. The standard InChI is InChI=1S/Al.Ca.K.Na. The molecule has 0 atom stereocenters. The molecule has 4 heteroatoms. The molecule has 0 aliphatic heterocycles. The van der Waals surface area contributed by atoms with Crippen molar-refractivity contribution in [1.82, 2.24) is 0 Å². The number of hydrogen-bond acceptors (Lipinski definition) is 0. The summed E-state index contributed by atoms with van der Waals surface area (Å²) in [4.78, 5) is 0. The van der Waals surface area contributed by atoms with E-state index in [1.54, 1.807) is 0 Å². The van der Waals surface area contributed by atoms with Gasteiger partial charge in [-0.25, -0.2) is 0 Å². The number of rotatable bonds is 0. The van der Waals surface area contributed by atoms with Gasteiger partial charge in [0.15, 0.2) is 0 Å². The van der Waals surface area contributed by atoms with Gasteiger partial charge in [-0.3, -0.25) is 0 Å². The molecule has 0 saturated heterocycles. The van der Waals surface area contributed by atoms with E-state index in [4.69, 9.17) is 0 Å². The topological polar surface area (TPSA) is 0 Å². The molecule has 0 fully saturated rings. The van der Waals surface area contributed by atoms with E-state index in [-0.39, 0.29) is 136 Å². The average molecular weight is 129 g/mol. The summed E-state index contributed by atoms with van der Waals surface area (Å²) in [7, 11) is 0. The van der Waals surface area contributed by atoms with Crippen LogP contribution in [0.2, 0.25) is 0 Å². The van der Waals surface area contributed by atoms with Crippen LogP contribution >= 0.6 is 0 Å². The molecule has 0 aromatic heterocycles. The molecule has 7 valence electrons. The first-order valence-corrected chi connectivity index (χ1v) is 0. The van der Waals surface area contributed by atoms with Gasteiger partial charge in [0.1, 0.15) is 0 Å². The minimum absolute atomic E-state index is 0. The van der Waals surface area contributed by atoms with Crippen molar-refractivity contribution in [1.29, 1.82) is 0 Å². The summed E-state index contributed by atoms with van der Waals surface area (Å²) in [5.41, 5.74) is 0. The first kappa shape index (κ1) is 23.7. The van der Waals surface area contributed by atoms with Crippen molar-refractivity contribution in [2.75, 3.05) is 0 Å². The molecule has 0 saturated carbocycles. The Morgan fingerprint density at radius 2 is 1.00 bits per heavy atom. The summed E-state index contributed by atoms with van der Waals surface area (Å²) in [5, 5.41) is 0. The van der Waals surface area contributed by atoms with E-state index >= 15 is 0 Å². The van der Waals surface area contributed by atoms with E-state index in [2.05, 4.69) is 0 Å². The van der Waals surface area contributed by atoms with E-state index in [1.165, 1.54) is 0 Å². The second-order valence-electron chi connectivity index (χ2n) is 0. The minimum atomic E-state index is 0. The molecule has 0 N–H and O–H groups in total. The fourth-order valence-corrected chi connectivity index (χ4v) is 0. The van der Waals surface area contributed by atoms with Crippen LogP contribution in [0.4, 0.5) is 0 Å². The molecule has 0 amide bonds. The third-order valence-corrected chi connectivity index (χ3v) is 0.